The molecule has 12 radical (unpaired) electrons. The predicted octanol–water partition coefficient (Wildman–Crippen LogP) is -2.50. The molecule has 1 heterocycles. The van der Waals surface area contributed by atoms with Gasteiger partial charge in [0.15, 0.2) is 5.78 Å². The number of Topliss-reactive ketones (excluding diaryl/α,β-unsaturated/α-hetero) is 1. The van der Waals surface area contributed by atoms with Crippen molar-refractivity contribution < 1.29 is 9.90 Å². The van der Waals surface area contributed by atoms with Gasteiger partial charge in [0, 0.05) is 0 Å². The molecule has 0 amide bonds. The molecule has 2 aliphatic rings. The second-order valence-corrected chi connectivity index (χ2v) is 6.90. The van der Waals surface area contributed by atoms with Gasteiger partial charge in [-0.3, -0.25) is 4.79 Å². The fraction of sp³-hybridized carbons (Fsp3) is 0.417. The molecule has 3 nitrogen and oxygen atoms in total. The monoisotopic (exact) mass is 309 g/mol. The molecular weight excluding hydrogens is 301 g/mol. The van der Waals surface area contributed by atoms with Crippen molar-refractivity contribution in [3.8, 4) is 0 Å². The van der Waals surface area contributed by atoms with Crippen LogP contribution in [-0.4, -0.2) is 69.6 Å². The zero-order valence-corrected chi connectivity index (χ0v) is 12.9. The molecule has 3 unspecified atom stereocenters. The lowest BCUT2D eigenvalue weighted by molar-refractivity contribution is -0.142. The quantitative estimate of drug-likeness (QED) is 0.521. The van der Waals surface area contributed by atoms with Crippen LogP contribution in [0.3, 0.4) is 0 Å². The van der Waals surface area contributed by atoms with E-state index in [0.29, 0.717) is 5.46 Å². The van der Waals surface area contributed by atoms with Crippen LogP contribution in [0.15, 0.2) is 24.3 Å². The van der Waals surface area contributed by atoms with Crippen LogP contribution < -0.4 is 11.2 Å². The molecule has 1 fully saturated rings. The van der Waals surface area contributed by atoms with Crippen molar-refractivity contribution in [1.29, 1.82) is 0 Å². The van der Waals surface area contributed by atoms with Crippen LogP contribution in [0.4, 0.5) is 0 Å². The number of hydrogen-bond donors (Lipinski definition) is 2. The SMILES string of the molecule is [B]C1(O)C(=O)C2(N)c3ccccc3B(Cl)C2([B])C([B])([B])C1([B])[B]. The predicted molar refractivity (Wildman–Crippen MR) is 96.1 cm³/mol. The zero-order valence-electron chi connectivity index (χ0n) is 12.2. The first-order valence-corrected chi connectivity index (χ1v) is 7.26. The van der Waals surface area contributed by atoms with Gasteiger partial charge in [0.25, 0.3) is 6.13 Å². The molecule has 1 aromatic carbocycles. The van der Waals surface area contributed by atoms with Gasteiger partial charge in [-0.15, -0.1) is 5.21 Å². The number of ketones is 1. The summed E-state index contributed by atoms with van der Waals surface area (Å²) in [6.07, 6.45) is -1.08. The highest BCUT2D eigenvalue weighted by Gasteiger charge is 2.77. The summed E-state index contributed by atoms with van der Waals surface area (Å²) in [7, 11) is 36.0. The van der Waals surface area contributed by atoms with Gasteiger partial charge in [-0.2, -0.15) is 11.5 Å². The Morgan fingerprint density at radius 1 is 1.04 bits per heavy atom. The van der Waals surface area contributed by atoms with Crippen molar-refractivity contribution in [3.05, 3.63) is 29.8 Å². The summed E-state index contributed by atoms with van der Waals surface area (Å²) in [6.45, 7) is 0. The molecule has 3 N–H and O–H groups in total. The molecule has 1 aliphatic carbocycles. The van der Waals surface area contributed by atoms with Gasteiger partial charge >= 0.3 is 0 Å². The second-order valence-electron chi connectivity index (χ2n) is 6.46. The molecular formula is C12H7B7ClNO2. The number of fused-ring (bicyclic) bond motifs is 3. The molecule has 3 rings (SSSR count). The summed E-state index contributed by atoms with van der Waals surface area (Å²) in [5, 5.41) is 3.73. The van der Waals surface area contributed by atoms with Crippen molar-refractivity contribution in [2.75, 3.05) is 0 Å². The van der Waals surface area contributed by atoms with E-state index in [1.807, 2.05) is 0 Å². The Morgan fingerprint density at radius 3 is 2.13 bits per heavy atom. The topological polar surface area (TPSA) is 63.3 Å². The van der Waals surface area contributed by atoms with Gasteiger partial charge < -0.3 is 10.8 Å². The highest BCUT2D eigenvalue weighted by Crippen LogP contribution is 2.74. The average Bonchev–Trinajstić information content (AvgIpc) is 2.67. The maximum absolute atomic E-state index is 13.0. The summed E-state index contributed by atoms with van der Waals surface area (Å²) in [6, 6.07) is 6.49. The Labute approximate surface area is 148 Å². The van der Waals surface area contributed by atoms with Crippen LogP contribution in [0.1, 0.15) is 5.56 Å². The van der Waals surface area contributed by atoms with E-state index in [9.17, 15) is 9.90 Å². The third-order valence-electron chi connectivity index (χ3n) is 5.41. The molecule has 0 bridgehead atoms. The van der Waals surface area contributed by atoms with E-state index in [1.165, 1.54) is 0 Å². The Balaban J connectivity index is 2.45. The van der Waals surface area contributed by atoms with E-state index in [2.05, 4.69) is 0 Å². The molecule has 23 heavy (non-hydrogen) atoms. The Bertz CT molecular complexity index is 727. The summed E-state index contributed by atoms with van der Waals surface area (Å²) in [4.78, 5) is 13.0. The first kappa shape index (κ1) is 17.4. The van der Waals surface area contributed by atoms with E-state index in [1.54, 1.807) is 24.3 Å². The minimum atomic E-state index is -2.82. The number of carbonyl (C=O) groups is 1. The molecule has 100 valence electrons. The van der Waals surface area contributed by atoms with Gasteiger partial charge in [0.1, 0.15) is 7.85 Å². The molecule has 1 aliphatic heterocycles. The van der Waals surface area contributed by atoms with E-state index >= 15 is 0 Å². The number of halogens is 1. The summed E-state index contributed by atoms with van der Waals surface area (Å²) in [5.41, 5.74) is 2.18. The number of aliphatic hydroxyl groups is 1. The maximum Gasteiger partial charge on any atom is 0.282 e. The second kappa shape index (κ2) is 4.39. The molecule has 1 aromatic rings. The number of rotatable bonds is 0. The first-order chi connectivity index (χ1) is 10.3. The third-order valence-corrected chi connectivity index (χ3v) is 5.99. The number of hydrogen-bond acceptors (Lipinski definition) is 3. The normalized spacial score (nSPS) is 40.5. The van der Waals surface area contributed by atoms with Crippen molar-refractivity contribution >= 4 is 75.9 Å². The average molecular weight is 308 g/mol. The lowest BCUT2D eigenvalue weighted by Gasteiger charge is -2.70. The van der Waals surface area contributed by atoms with Crippen LogP contribution in [0.5, 0.6) is 0 Å². The van der Waals surface area contributed by atoms with Gasteiger partial charge in [0.05, 0.1) is 50.3 Å². The molecule has 0 aromatic heterocycles. The van der Waals surface area contributed by atoms with Crippen LogP contribution in [-0.2, 0) is 10.3 Å². The minimum Gasteiger partial charge on any atom is -0.393 e. The number of carbonyl (C=O) groups excluding carboxylic acids is 1. The van der Waals surface area contributed by atoms with E-state index < -0.39 is 38.6 Å². The van der Waals surface area contributed by atoms with E-state index in [4.69, 9.17) is 64.3 Å². The summed E-state index contributed by atoms with van der Waals surface area (Å²) in [5.74, 6) is -1.10. The maximum atomic E-state index is 13.0. The van der Waals surface area contributed by atoms with Crippen molar-refractivity contribution in [1.82, 2.24) is 0 Å². The smallest absolute Gasteiger partial charge is 0.282 e. The summed E-state index contributed by atoms with van der Waals surface area (Å²) < 4.78 is 0. The molecule has 11 heteroatoms. The standard InChI is InChI=1S/C12H7B7ClNO2/c13-9(23)7(22)8(21)5-3-1-2-4-6(5)19(20)12(8,18)11(16,17)10(9,14)15/h1-4,23H,21H2. The highest BCUT2D eigenvalue weighted by molar-refractivity contribution is 7.20. The van der Waals surface area contributed by atoms with Gasteiger partial charge in [-0.1, -0.05) is 34.9 Å². The molecule has 0 spiro atoms. The van der Waals surface area contributed by atoms with Crippen LogP contribution >= 0.6 is 11.5 Å². The summed E-state index contributed by atoms with van der Waals surface area (Å²) >= 11 is 6.47. The van der Waals surface area contributed by atoms with E-state index in [0.717, 1.165) is 0 Å². The number of benzene rings is 1. The van der Waals surface area contributed by atoms with Crippen LogP contribution in [0.2, 0.25) is 15.6 Å². The number of nitrogens with two attached hydrogens (primary N) is 1. The Morgan fingerprint density at radius 2 is 1.57 bits per heavy atom. The molecule has 0 saturated heterocycles. The van der Waals surface area contributed by atoms with Crippen LogP contribution in [0.25, 0.3) is 0 Å². The lowest BCUT2D eigenvalue weighted by atomic mass is 9.07. The molecule has 1 saturated carbocycles. The highest BCUT2D eigenvalue weighted by atomic mass is 35.5. The van der Waals surface area contributed by atoms with Gasteiger partial charge in [-0.05, 0) is 10.8 Å². The van der Waals surface area contributed by atoms with Crippen molar-refractivity contribution in [3.63, 3.8) is 0 Å². The lowest BCUT2D eigenvalue weighted by Crippen LogP contribution is -2.76. The first-order valence-electron chi connectivity index (χ1n) is 6.82. The van der Waals surface area contributed by atoms with E-state index in [-0.39, 0.29) is 5.56 Å². The zero-order chi connectivity index (χ0) is 17.6. The Kier molecular flexibility index (Phi) is 3.32. The van der Waals surface area contributed by atoms with Crippen LogP contribution in [0, 0.1) is 0 Å². The molecule has 3 atom stereocenters. The van der Waals surface area contributed by atoms with Gasteiger partial charge in [-0.25, -0.2) is 0 Å². The van der Waals surface area contributed by atoms with Crippen molar-refractivity contribution in [2.24, 2.45) is 5.73 Å². The van der Waals surface area contributed by atoms with Crippen molar-refractivity contribution in [2.45, 2.75) is 26.7 Å². The fourth-order valence-electron chi connectivity index (χ4n) is 3.74. The minimum absolute atomic E-state index is 0.271. The fourth-order valence-corrected chi connectivity index (χ4v) is 4.28. The largest absolute Gasteiger partial charge is 0.393 e. The Hall–Kier alpha value is -0.445. The van der Waals surface area contributed by atoms with Gasteiger partial charge in [0.2, 0.25) is 0 Å². The third kappa shape index (κ3) is 1.48.